The van der Waals surface area contributed by atoms with Crippen LogP contribution >= 0.6 is 0 Å². The van der Waals surface area contributed by atoms with Crippen LogP contribution in [-0.2, 0) is 9.59 Å². The van der Waals surface area contributed by atoms with E-state index in [0.717, 1.165) is 18.9 Å². The number of carbonyl (C=O) groups excluding carboxylic acids is 3. The molecular weight excluding hydrogens is 368 g/mol. The van der Waals surface area contributed by atoms with E-state index in [1.807, 2.05) is 11.8 Å². The third kappa shape index (κ3) is 5.90. The van der Waals surface area contributed by atoms with Gasteiger partial charge in [-0.15, -0.1) is 18.9 Å². The zero-order valence-electron chi connectivity index (χ0n) is 18.6. The van der Waals surface area contributed by atoms with Gasteiger partial charge in [0.05, 0.1) is 8.07 Å². The zero-order valence-corrected chi connectivity index (χ0v) is 19.6. The van der Waals surface area contributed by atoms with Crippen molar-refractivity contribution in [3.05, 3.63) is 24.9 Å². The van der Waals surface area contributed by atoms with Crippen molar-refractivity contribution in [3.8, 4) is 0 Å². The van der Waals surface area contributed by atoms with Crippen molar-refractivity contribution in [3.63, 3.8) is 0 Å². The maximum absolute atomic E-state index is 12.8. The summed E-state index contributed by atoms with van der Waals surface area (Å²) >= 11 is 0. The molecule has 0 aliphatic carbocycles. The van der Waals surface area contributed by atoms with Gasteiger partial charge in [0.15, 0.2) is 0 Å². The fraction of sp³-hybridized carbons (Fsp3) is 0.682. The predicted octanol–water partition coefficient (Wildman–Crippen LogP) is 5.01. The number of barbiturate groups is 1. The smallest absolute Gasteiger partial charge is 0.274 e. The number of hydrogen-bond acceptors (Lipinski definition) is 3. The number of urea groups is 1. The van der Waals surface area contributed by atoms with Crippen LogP contribution < -0.4 is 0 Å². The summed E-state index contributed by atoms with van der Waals surface area (Å²) in [7, 11) is -1.48. The molecule has 1 aliphatic heterocycles. The molecule has 1 aliphatic rings. The third-order valence-corrected chi connectivity index (χ3v) is 9.11. The highest BCUT2D eigenvalue weighted by molar-refractivity contribution is 6.82. The molecule has 5 nitrogen and oxygen atoms in total. The van der Waals surface area contributed by atoms with Crippen molar-refractivity contribution < 1.29 is 14.4 Å². The van der Waals surface area contributed by atoms with E-state index in [9.17, 15) is 14.4 Å². The molecule has 0 N–H and O–H groups in total. The molecule has 0 saturated carbocycles. The lowest BCUT2D eigenvalue weighted by atomic mass is 9.65. The fourth-order valence-electron chi connectivity index (χ4n) is 3.30. The second-order valence-corrected chi connectivity index (χ2v) is 14.7. The van der Waals surface area contributed by atoms with Gasteiger partial charge >= 0.3 is 6.03 Å². The Kier molecular flexibility index (Phi) is 8.00. The number of nitrogens with zero attached hydrogens (tertiary/aromatic N) is 2. The average Bonchev–Trinajstić information content (AvgIpc) is 2.59. The van der Waals surface area contributed by atoms with E-state index in [1.165, 1.54) is 9.80 Å². The Morgan fingerprint density at radius 1 is 0.964 bits per heavy atom. The summed E-state index contributed by atoms with van der Waals surface area (Å²) in [5.41, 5.74) is 1.97. The van der Waals surface area contributed by atoms with Gasteiger partial charge < -0.3 is 0 Å². The van der Waals surface area contributed by atoms with Crippen molar-refractivity contribution in [1.29, 1.82) is 0 Å². The van der Waals surface area contributed by atoms with E-state index >= 15 is 0 Å². The van der Waals surface area contributed by atoms with Crippen molar-refractivity contribution in [2.24, 2.45) is 10.8 Å². The molecule has 1 rings (SSSR count). The molecule has 158 valence electrons. The summed E-state index contributed by atoms with van der Waals surface area (Å²) in [5, 5.41) is 0. The first-order chi connectivity index (χ1) is 12.8. The molecule has 6 heteroatoms. The standard InChI is InChI=1S/C22H38N2O3Si/c1-9-22(6,21(3,4)5)13-11-14-23-18(25)17-19(26)24(20(23)27)15-12-16-28(7,8)10-2/h9-10H,1-2,11-17H2,3-8H3. The van der Waals surface area contributed by atoms with Crippen molar-refractivity contribution in [2.45, 2.75) is 72.5 Å². The highest BCUT2D eigenvalue weighted by Crippen LogP contribution is 2.43. The Morgan fingerprint density at radius 2 is 1.46 bits per heavy atom. The minimum atomic E-state index is -1.48. The topological polar surface area (TPSA) is 57.7 Å². The Morgan fingerprint density at radius 3 is 1.89 bits per heavy atom. The van der Waals surface area contributed by atoms with Gasteiger partial charge in [-0.05, 0) is 30.1 Å². The molecule has 0 radical (unpaired) electrons. The largest absolute Gasteiger partial charge is 0.333 e. The monoisotopic (exact) mass is 406 g/mol. The highest BCUT2D eigenvalue weighted by Gasteiger charge is 2.39. The molecule has 0 bridgehead atoms. The van der Waals surface area contributed by atoms with Crippen LogP contribution in [0, 0.1) is 10.8 Å². The summed E-state index contributed by atoms with van der Waals surface area (Å²) in [6.07, 6.45) is 4.02. The fourth-order valence-corrected chi connectivity index (χ4v) is 4.58. The van der Waals surface area contributed by atoms with Crippen LogP contribution in [0.25, 0.3) is 0 Å². The normalized spacial score (nSPS) is 18.3. The van der Waals surface area contributed by atoms with Crippen molar-refractivity contribution in [2.75, 3.05) is 13.1 Å². The van der Waals surface area contributed by atoms with Crippen LogP contribution in [0.15, 0.2) is 24.9 Å². The average molecular weight is 407 g/mol. The molecule has 1 heterocycles. The molecule has 1 saturated heterocycles. The molecule has 28 heavy (non-hydrogen) atoms. The van der Waals surface area contributed by atoms with Gasteiger partial charge in [0.1, 0.15) is 6.42 Å². The van der Waals surface area contributed by atoms with E-state index in [2.05, 4.69) is 53.9 Å². The Bertz CT molecular complexity index is 636. The molecule has 0 aromatic heterocycles. The Balaban J connectivity index is 2.72. The Labute approximate surface area is 171 Å². The number of carbonyl (C=O) groups is 3. The van der Waals surface area contributed by atoms with E-state index in [-0.39, 0.29) is 29.1 Å². The first-order valence-corrected chi connectivity index (χ1v) is 13.5. The van der Waals surface area contributed by atoms with Crippen LogP contribution in [0.5, 0.6) is 0 Å². The number of amides is 4. The van der Waals surface area contributed by atoms with Crippen molar-refractivity contribution >= 4 is 25.9 Å². The van der Waals surface area contributed by atoms with Gasteiger partial charge in [-0.1, -0.05) is 52.9 Å². The summed E-state index contributed by atoms with van der Waals surface area (Å²) in [6.45, 7) is 21.6. The van der Waals surface area contributed by atoms with Crippen LogP contribution in [-0.4, -0.2) is 48.8 Å². The first-order valence-electron chi connectivity index (χ1n) is 10.2. The second-order valence-electron chi connectivity index (χ2n) is 9.82. The molecule has 1 unspecified atom stereocenters. The lowest BCUT2D eigenvalue weighted by Gasteiger charge is -2.40. The SMILES string of the molecule is C=CC(C)(CCCN1C(=O)CC(=O)N(CCC[Si](C)(C)C=C)C1=O)C(C)(C)C. The summed E-state index contributed by atoms with van der Waals surface area (Å²) in [4.78, 5) is 39.8. The minimum absolute atomic E-state index is 0.0362. The van der Waals surface area contributed by atoms with E-state index < -0.39 is 14.1 Å². The van der Waals surface area contributed by atoms with E-state index in [4.69, 9.17) is 0 Å². The maximum Gasteiger partial charge on any atom is 0.333 e. The summed E-state index contributed by atoms with van der Waals surface area (Å²) in [6, 6.07) is 0.500. The quantitative estimate of drug-likeness (QED) is 0.291. The highest BCUT2D eigenvalue weighted by atomic mass is 28.3. The summed E-state index contributed by atoms with van der Waals surface area (Å²) in [5.74, 6) is -0.766. The van der Waals surface area contributed by atoms with E-state index in [0.29, 0.717) is 19.5 Å². The van der Waals surface area contributed by atoms with Crippen LogP contribution in [0.3, 0.4) is 0 Å². The van der Waals surface area contributed by atoms with Crippen LogP contribution in [0.4, 0.5) is 4.79 Å². The number of allylic oxidation sites excluding steroid dienone is 1. The zero-order chi connectivity index (χ0) is 21.8. The van der Waals surface area contributed by atoms with Crippen LogP contribution in [0.2, 0.25) is 19.1 Å². The van der Waals surface area contributed by atoms with E-state index in [1.54, 1.807) is 0 Å². The molecule has 4 amide bonds. The van der Waals surface area contributed by atoms with Gasteiger partial charge in [-0.25, -0.2) is 4.79 Å². The third-order valence-electron chi connectivity index (χ3n) is 6.36. The van der Waals surface area contributed by atoms with Gasteiger partial charge in [0.2, 0.25) is 11.8 Å². The Hall–Kier alpha value is -1.69. The molecule has 1 fully saturated rings. The maximum atomic E-state index is 12.8. The molecule has 0 aromatic carbocycles. The molecule has 0 aromatic rings. The number of hydrogen-bond donors (Lipinski definition) is 0. The van der Waals surface area contributed by atoms with Gasteiger partial charge in [0, 0.05) is 13.1 Å². The lowest BCUT2D eigenvalue weighted by Crippen LogP contribution is -2.55. The van der Waals surface area contributed by atoms with Gasteiger partial charge in [-0.3, -0.25) is 19.4 Å². The second kappa shape index (κ2) is 9.20. The molecule has 1 atom stereocenters. The minimum Gasteiger partial charge on any atom is -0.274 e. The summed E-state index contributed by atoms with van der Waals surface area (Å²) < 4.78 is 0. The lowest BCUT2D eigenvalue weighted by molar-refractivity contribution is -0.142. The number of imide groups is 2. The molecule has 0 spiro atoms. The van der Waals surface area contributed by atoms with Crippen LogP contribution in [0.1, 0.15) is 53.4 Å². The molecular formula is C22H38N2O3Si. The van der Waals surface area contributed by atoms with Gasteiger partial charge in [-0.2, -0.15) is 0 Å². The first kappa shape index (κ1) is 24.3. The predicted molar refractivity (Wildman–Crippen MR) is 118 cm³/mol. The van der Waals surface area contributed by atoms with Crippen molar-refractivity contribution in [1.82, 2.24) is 9.80 Å². The number of rotatable bonds is 10. The van der Waals surface area contributed by atoms with Gasteiger partial charge in [0.25, 0.3) is 0 Å².